The molecular formula is C14H18ClNO5. The number of methoxy groups -OCH3 is 2. The van der Waals surface area contributed by atoms with Crippen LogP contribution < -0.4 is 15.0 Å². The standard InChI is InChI=1S/C14H18ClNO5/c1-18-11-8-9(7-10(15)13(11)19-2)14(17)16-21-12-5-3-4-6-20-12/h7-8,12H,3-6H2,1-2H3,(H,16,17)/t12-/m1/s1. The van der Waals surface area contributed by atoms with Crippen molar-refractivity contribution in [1.82, 2.24) is 5.48 Å². The Kier molecular flexibility index (Phi) is 5.67. The van der Waals surface area contributed by atoms with Gasteiger partial charge in [-0.15, -0.1) is 0 Å². The van der Waals surface area contributed by atoms with E-state index in [1.54, 1.807) is 0 Å². The summed E-state index contributed by atoms with van der Waals surface area (Å²) >= 11 is 6.06. The second-order valence-corrected chi connectivity index (χ2v) is 4.95. The largest absolute Gasteiger partial charge is 0.493 e. The molecule has 1 saturated heterocycles. The molecule has 0 saturated carbocycles. The molecule has 1 fully saturated rings. The van der Waals surface area contributed by atoms with Gasteiger partial charge in [-0.3, -0.25) is 4.79 Å². The Morgan fingerprint density at radius 2 is 2.14 bits per heavy atom. The number of nitrogens with one attached hydrogen (secondary N) is 1. The van der Waals surface area contributed by atoms with E-state index in [-0.39, 0.29) is 5.02 Å². The quantitative estimate of drug-likeness (QED) is 0.846. The van der Waals surface area contributed by atoms with Crippen LogP contribution in [0.4, 0.5) is 0 Å². The summed E-state index contributed by atoms with van der Waals surface area (Å²) in [4.78, 5) is 17.3. The third-order valence-electron chi connectivity index (χ3n) is 3.12. The zero-order chi connectivity index (χ0) is 15.2. The minimum atomic E-state index is -0.424. The van der Waals surface area contributed by atoms with E-state index in [4.69, 9.17) is 30.6 Å². The zero-order valence-corrected chi connectivity index (χ0v) is 12.7. The van der Waals surface area contributed by atoms with Gasteiger partial charge in [0.05, 0.1) is 19.2 Å². The first-order valence-corrected chi connectivity index (χ1v) is 7.02. The van der Waals surface area contributed by atoms with Crippen LogP contribution in [0.15, 0.2) is 12.1 Å². The van der Waals surface area contributed by atoms with Gasteiger partial charge in [-0.1, -0.05) is 11.6 Å². The smallest absolute Gasteiger partial charge is 0.275 e. The number of carbonyl (C=O) groups is 1. The summed E-state index contributed by atoms with van der Waals surface area (Å²) in [5.41, 5.74) is 2.68. The molecule has 0 spiro atoms. The van der Waals surface area contributed by atoms with Gasteiger partial charge in [0.2, 0.25) is 0 Å². The molecule has 6 nitrogen and oxygen atoms in total. The summed E-state index contributed by atoms with van der Waals surface area (Å²) < 4.78 is 15.6. The lowest BCUT2D eigenvalue weighted by atomic mass is 10.2. The zero-order valence-electron chi connectivity index (χ0n) is 12.0. The Hall–Kier alpha value is -1.50. The van der Waals surface area contributed by atoms with Crippen LogP contribution >= 0.6 is 11.6 Å². The average molecular weight is 316 g/mol. The van der Waals surface area contributed by atoms with Crippen LogP contribution in [-0.2, 0) is 9.57 Å². The molecule has 1 aromatic rings. The maximum atomic E-state index is 12.1. The lowest BCUT2D eigenvalue weighted by molar-refractivity contribution is -0.186. The molecule has 7 heteroatoms. The van der Waals surface area contributed by atoms with E-state index in [1.165, 1.54) is 26.4 Å². The van der Waals surface area contributed by atoms with Gasteiger partial charge in [0.1, 0.15) is 0 Å². The molecule has 0 unspecified atom stereocenters. The van der Waals surface area contributed by atoms with Crippen molar-refractivity contribution < 1.29 is 23.8 Å². The number of carbonyl (C=O) groups excluding carboxylic acids is 1. The predicted octanol–water partition coefficient (Wildman–Crippen LogP) is 2.55. The molecule has 116 valence electrons. The number of hydroxylamine groups is 1. The van der Waals surface area contributed by atoms with Gasteiger partial charge in [-0.05, 0) is 25.0 Å². The van der Waals surface area contributed by atoms with Gasteiger partial charge in [-0.2, -0.15) is 0 Å². The Morgan fingerprint density at radius 3 is 2.76 bits per heavy atom. The highest BCUT2D eigenvalue weighted by atomic mass is 35.5. The molecule has 1 aliphatic rings. The minimum Gasteiger partial charge on any atom is -0.493 e. The van der Waals surface area contributed by atoms with Crippen molar-refractivity contribution in [2.75, 3.05) is 20.8 Å². The molecule has 0 bridgehead atoms. The average Bonchev–Trinajstić information content (AvgIpc) is 2.52. The van der Waals surface area contributed by atoms with Crippen molar-refractivity contribution in [3.63, 3.8) is 0 Å². The minimum absolute atomic E-state index is 0.288. The number of amides is 1. The summed E-state index contributed by atoms with van der Waals surface area (Å²) in [5, 5.41) is 0.288. The molecule has 0 aromatic heterocycles. The molecular weight excluding hydrogens is 298 g/mol. The van der Waals surface area contributed by atoms with Crippen molar-refractivity contribution in [2.45, 2.75) is 25.6 Å². The monoisotopic (exact) mass is 315 g/mol. The van der Waals surface area contributed by atoms with Crippen LogP contribution in [0.3, 0.4) is 0 Å². The van der Waals surface area contributed by atoms with Gasteiger partial charge < -0.3 is 14.2 Å². The summed E-state index contributed by atoms with van der Waals surface area (Å²) in [6, 6.07) is 3.02. The Morgan fingerprint density at radius 1 is 1.33 bits per heavy atom. The molecule has 1 aliphatic heterocycles. The van der Waals surface area contributed by atoms with Gasteiger partial charge in [0.15, 0.2) is 17.8 Å². The normalized spacial score (nSPS) is 18.1. The Labute approximate surface area is 128 Å². The molecule has 0 radical (unpaired) electrons. The van der Waals surface area contributed by atoms with E-state index in [9.17, 15) is 4.79 Å². The van der Waals surface area contributed by atoms with E-state index < -0.39 is 12.2 Å². The van der Waals surface area contributed by atoms with E-state index in [1.807, 2.05) is 0 Å². The van der Waals surface area contributed by atoms with Crippen LogP contribution in [0.25, 0.3) is 0 Å². The van der Waals surface area contributed by atoms with Gasteiger partial charge >= 0.3 is 0 Å². The lowest BCUT2D eigenvalue weighted by Crippen LogP contribution is -2.33. The third kappa shape index (κ3) is 4.00. The summed E-state index contributed by atoms with van der Waals surface area (Å²) in [6.45, 7) is 0.642. The fourth-order valence-electron chi connectivity index (χ4n) is 2.03. The van der Waals surface area contributed by atoms with Crippen molar-refractivity contribution >= 4 is 17.5 Å². The number of ether oxygens (including phenoxy) is 3. The molecule has 1 N–H and O–H groups in total. The Bertz CT molecular complexity index is 502. The van der Waals surface area contributed by atoms with Crippen LogP contribution in [-0.4, -0.2) is 33.0 Å². The first-order valence-electron chi connectivity index (χ1n) is 6.65. The first kappa shape index (κ1) is 15.9. The van der Waals surface area contributed by atoms with Crippen molar-refractivity contribution in [3.05, 3.63) is 22.7 Å². The molecule has 2 rings (SSSR count). The van der Waals surface area contributed by atoms with E-state index >= 15 is 0 Å². The number of benzene rings is 1. The molecule has 1 heterocycles. The lowest BCUT2D eigenvalue weighted by Gasteiger charge is -2.22. The van der Waals surface area contributed by atoms with E-state index in [0.29, 0.717) is 23.7 Å². The SMILES string of the molecule is COc1cc(C(=O)NO[C@@H]2CCCCO2)cc(Cl)c1OC. The van der Waals surface area contributed by atoms with Crippen LogP contribution in [0.2, 0.25) is 5.02 Å². The van der Waals surface area contributed by atoms with Crippen LogP contribution in [0.1, 0.15) is 29.6 Å². The maximum Gasteiger partial charge on any atom is 0.275 e. The fourth-order valence-corrected chi connectivity index (χ4v) is 2.32. The number of hydrogen-bond donors (Lipinski definition) is 1. The van der Waals surface area contributed by atoms with Gasteiger partial charge in [0, 0.05) is 18.6 Å². The third-order valence-corrected chi connectivity index (χ3v) is 3.40. The second-order valence-electron chi connectivity index (χ2n) is 4.54. The Balaban J connectivity index is 2.03. The summed E-state index contributed by atoms with van der Waals surface area (Å²) in [7, 11) is 2.95. The molecule has 21 heavy (non-hydrogen) atoms. The number of halogens is 1. The number of hydrogen-bond acceptors (Lipinski definition) is 5. The van der Waals surface area contributed by atoms with E-state index in [2.05, 4.69) is 5.48 Å². The topological polar surface area (TPSA) is 66.0 Å². The van der Waals surface area contributed by atoms with Crippen molar-refractivity contribution in [3.8, 4) is 11.5 Å². The number of rotatable bonds is 5. The molecule has 1 aromatic carbocycles. The van der Waals surface area contributed by atoms with Crippen molar-refractivity contribution in [2.24, 2.45) is 0 Å². The highest BCUT2D eigenvalue weighted by Gasteiger charge is 2.18. The van der Waals surface area contributed by atoms with Crippen LogP contribution in [0, 0.1) is 0 Å². The highest BCUT2D eigenvalue weighted by molar-refractivity contribution is 6.32. The fraction of sp³-hybridized carbons (Fsp3) is 0.500. The molecule has 1 amide bonds. The first-order chi connectivity index (χ1) is 10.2. The van der Waals surface area contributed by atoms with Gasteiger partial charge in [-0.25, -0.2) is 10.3 Å². The van der Waals surface area contributed by atoms with Crippen LogP contribution in [0.5, 0.6) is 11.5 Å². The molecule has 0 aliphatic carbocycles. The van der Waals surface area contributed by atoms with Gasteiger partial charge in [0.25, 0.3) is 5.91 Å². The molecule has 1 atom stereocenters. The predicted molar refractivity (Wildman–Crippen MR) is 76.7 cm³/mol. The summed E-state index contributed by atoms with van der Waals surface area (Å²) in [6.07, 6.45) is 2.38. The van der Waals surface area contributed by atoms with E-state index in [0.717, 1.165) is 19.3 Å². The second kappa shape index (κ2) is 7.49. The summed E-state index contributed by atoms with van der Waals surface area (Å²) in [5.74, 6) is 0.336. The highest BCUT2D eigenvalue weighted by Crippen LogP contribution is 2.35. The maximum absolute atomic E-state index is 12.1. The van der Waals surface area contributed by atoms with Crippen molar-refractivity contribution in [1.29, 1.82) is 0 Å².